The molecule has 2 atom stereocenters. The van der Waals surface area contributed by atoms with Gasteiger partial charge in [0.1, 0.15) is 6.10 Å². The van der Waals surface area contributed by atoms with Crippen LogP contribution in [0.1, 0.15) is 31.9 Å². The fourth-order valence-corrected chi connectivity index (χ4v) is 3.73. The Morgan fingerprint density at radius 3 is 2.50 bits per heavy atom. The zero-order chi connectivity index (χ0) is 15.6. The van der Waals surface area contributed by atoms with Crippen molar-refractivity contribution in [2.24, 2.45) is 0 Å². The van der Waals surface area contributed by atoms with Crippen molar-refractivity contribution in [2.75, 3.05) is 5.75 Å². The van der Waals surface area contributed by atoms with Crippen LogP contribution in [0.15, 0.2) is 24.3 Å². The summed E-state index contributed by atoms with van der Waals surface area (Å²) in [6, 6.07) is 5.17. The first-order valence-electron chi connectivity index (χ1n) is 6.03. The van der Waals surface area contributed by atoms with Gasteiger partial charge in [-0.3, -0.25) is 10.1 Å². The fraction of sp³-hybridized carbons (Fsp3) is 0.500. The van der Waals surface area contributed by atoms with Crippen molar-refractivity contribution >= 4 is 27.1 Å². The third-order valence-corrected chi connectivity index (χ3v) is 6.67. The van der Waals surface area contributed by atoms with Crippen molar-refractivity contribution in [3.63, 3.8) is 0 Å². The van der Waals surface area contributed by atoms with E-state index in [9.17, 15) is 23.6 Å². The molecular formula is C12H16ClNO5S. The molecule has 0 aliphatic rings. The smallest absolute Gasteiger partial charge is 0.269 e. The van der Waals surface area contributed by atoms with Crippen molar-refractivity contribution in [2.45, 2.75) is 30.6 Å². The molecule has 0 bridgehead atoms. The average Bonchev–Trinajstić information content (AvgIpc) is 2.45. The number of rotatable bonds is 6. The molecule has 1 aromatic rings. The molecule has 0 aliphatic carbocycles. The molecular weight excluding hydrogens is 306 g/mol. The van der Waals surface area contributed by atoms with Crippen LogP contribution in [0.25, 0.3) is 0 Å². The minimum Gasteiger partial charge on any atom is -0.385 e. The van der Waals surface area contributed by atoms with E-state index in [0.29, 0.717) is 0 Å². The van der Waals surface area contributed by atoms with E-state index in [4.69, 9.17) is 11.6 Å². The number of benzene rings is 1. The highest BCUT2D eigenvalue weighted by atomic mass is 35.5. The summed E-state index contributed by atoms with van der Waals surface area (Å²) in [5.41, 5.74) is -0.126. The van der Waals surface area contributed by atoms with Gasteiger partial charge in [0.25, 0.3) is 5.69 Å². The van der Waals surface area contributed by atoms with Gasteiger partial charge in [-0.25, -0.2) is 8.42 Å². The van der Waals surface area contributed by atoms with Crippen molar-refractivity contribution in [3.05, 3.63) is 39.9 Å². The van der Waals surface area contributed by atoms with Gasteiger partial charge in [0.15, 0.2) is 14.0 Å². The highest BCUT2D eigenvalue weighted by molar-refractivity contribution is 7.94. The number of alkyl halides is 1. The van der Waals surface area contributed by atoms with Gasteiger partial charge in [0.2, 0.25) is 0 Å². The van der Waals surface area contributed by atoms with E-state index in [1.807, 2.05) is 0 Å². The van der Waals surface area contributed by atoms with Crippen molar-refractivity contribution in [1.82, 2.24) is 0 Å². The van der Waals surface area contributed by atoms with Gasteiger partial charge in [-0.2, -0.15) is 0 Å². The van der Waals surface area contributed by atoms with Gasteiger partial charge in [-0.1, -0.05) is 37.6 Å². The second-order valence-corrected chi connectivity index (χ2v) is 7.73. The SMILES string of the molecule is CC[C@](Cl)([C@H](O)c1cccc([N+](=O)[O-])c1)S(=O)(=O)CC. The standard InChI is InChI=1S/C12H16ClNO5S/c1-3-12(13,20(18,19)4-2)11(15)9-6-5-7-10(8-9)14(16)17/h5-8,11,15H,3-4H2,1-2H3/t11-,12-/m1/s1. The summed E-state index contributed by atoms with van der Waals surface area (Å²) < 4.78 is 22.2. The van der Waals surface area contributed by atoms with Crippen LogP contribution < -0.4 is 0 Å². The molecule has 0 heterocycles. The lowest BCUT2D eigenvalue weighted by molar-refractivity contribution is -0.385. The Hall–Kier alpha value is -1.18. The number of nitrogens with zero attached hydrogens (tertiary/aromatic N) is 1. The highest BCUT2D eigenvalue weighted by Crippen LogP contribution is 2.40. The number of sulfone groups is 1. The van der Waals surface area contributed by atoms with Gasteiger partial charge >= 0.3 is 0 Å². The van der Waals surface area contributed by atoms with E-state index in [0.717, 1.165) is 6.07 Å². The van der Waals surface area contributed by atoms with E-state index in [-0.39, 0.29) is 23.4 Å². The van der Waals surface area contributed by atoms with Crippen LogP contribution >= 0.6 is 11.6 Å². The maximum Gasteiger partial charge on any atom is 0.269 e. The Morgan fingerprint density at radius 2 is 2.05 bits per heavy atom. The summed E-state index contributed by atoms with van der Waals surface area (Å²) in [4.78, 5) is 10.1. The number of halogens is 1. The van der Waals surface area contributed by atoms with E-state index in [1.54, 1.807) is 6.92 Å². The van der Waals surface area contributed by atoms with Crippen molar-refractivity contribution < 1.29 is 18.4 Å². The molecule has 0 spiro atoms. The molecule has 0 saturated carbocycles. The number of nitro groups is 1. The second-order valence-electron chi connectivity index (χ2n) is 4.30. The largest absolute Gasteiger partial charge is 0.385 e. The number of hydrogen-bond acceptors (Lipinski definition) is 5. The molecule has 0 aromatic heterocycles. The Labute approximate surface area is 122 Å². The predicted molar refractivity (Wildman–Crippen MR) is 76.4 cm³/mol. The monoisotopic (exact) mass is 321 g/mol. The lowest BCUT2D eigenvalue weighted by Gasteiger charge is -2.30. The van der Waals surface area contributed by atoms with Gasteiger partial charge in [-0.05, 0) is 12.0 Å². The maximum absolute atomic E-state index is 12.1. The molecule has 20 heavy (non-hydrogen) atoms. The number of aliphatic hydroxyl groups is 1. The van der Waals surface area contributed by atoms with Crippen LogP contribution in [0.3, 0.4) is 0 Å². The third kappa shape index (κ3) is 2.94. The first-order valence-corrected chi connectivity index (χ1v) is 8.06. The van der Waals surface area contributed by atoms with E-state index in [2.05, 4.69) is 0 Å². The number of aliphatic hydroxyl groups excluding tert-OH is 1. The van der Waals surface area contributed by atoms with Crippen LogP contribution in [0.2, 0.25) is 0 Å². The minimum absolute atomic E-state index is 0.0193. The number of nitro benzene ring substituents is 1. The van der Waals surface area contributed by atoms with Crippen LogP contribution in [-0.2, 0) is 9.84 Å². The summed E-state index contributed by atoms with van der Waals surface area (Å²) in [5, 5.41) is 21.0. The van der Waals surface area contributed by atoms with Crippen LogP contribution in [0.4, 0.5) is 5.69 Å². The maximum atomic E-state index is 12.1. The second kappa shape index (κ2) is 6.07. The van der Waals surface area contributed by atoms with Gasteiger partial charge in [0, 0.05) is 17.9 Å². The number of non-ortho nitro benzene ring substituents is 1. The molecule has 0 amide bonds. The zero-order valence-corrected chi connectivity index (χ0v) is 12.7. The van der Waals surface area contributed by atoms with Crippen LogP contribution in [0, 0.1) is 10.1 Å². The molecule has 0 saturated heterocycles. The van der Waals surface area contributed by atoms with Crippen LogP contribution in [0.5, 0.6) is 0 Å². The molecule has 1 rings (SSSR count). The van der Waals surface area contributed by atoms with Crippen LogP contribution in [-0.4, -0.2) is 28.4 Å². The Kier molecular flexibility index (Phi) is 5.12. The lowest BCUT2D eigenvalue weighted by atomic mass is 10.0. The predicted octanol–water partition coefficient (Wildman–Crippen LogP) is 2.41. The lowest BCUT2D eigenvalue weighted by Crippen LogP contribution is -2.39. The normalized spacial score (nSPS) is 16.4. The van der Waals surface area contributed by atoms with E-state index in [1.165, 1.54) is 25.1 Å². The Morgan fingerprint density at radius 1 is 1.45 bits per heavy atom. The Balaban J connectivity index is 3.31. The first-order chi connectivity index (χ1) is 9.19. The van der Waals surface area contributed by atoms with Crippen molar-refractivity contribution in [1.29, 1.82) is 0 Å². The molecule has 0 radical (unpaired) electrons. The van der Waals surface area contributed by atoms with E-state index < -0.39 is 25.1 Å². The third-order valence-electron chi connectivity index (χ3n) is 3.18. The van der Waals surface area contributed by atoms with Crippen molar-refractivity contribution in [3.8, 4) is 0 Å². The molecule has 0 fully saturated rings. The fourth-order valence-electron chi connectivity index (χ4n) is 1.88. The molecule has 6 nitrogen and oxygen atoms in total. The summed E-state index contributed by atoms with van der Waals surface area (Å²) in [6.45, 7) is 2.98. The Bertz CT molecular complexity index is 604. The zero-order valence-electron chi connectivity index (χ0n) is 11.1. The first kappa shape index (κ1) is 16.9. The molecule has 112 valence electrons. The molecule has 1 aromatic carbocycles. The molecule has 1 N–H and O–H groups in total. The topological polar surface area (TPSA) is 97.5 Å². The van der Waals surface area contributed by atoms with Gasteiger partial charge in [0.05, 0.1) is 4.92 Å². The minimum atomic E-state index is -3.74. The summed E-state index contributed by atoms with van der Waals surface area (Å²) in [7, 11) is -3.74. The quantitative estimate of drug-likeness (QED) is 0.493. The average molecular weight is 322 g/mol. The molecule has 0 unspecified atom stereocenters. The van der Waals surface area contributed by atoms with Gasteiger partial charge < -0.3 is 5.11 Å². The summed E-state index contributed by atoms with van der Waals surface area (Å²) in [6.07, 6.45) is -1.56. The number of hydrogen-bond donors (Lipinski definition) is 1. The highest BCUT2D eigenvalue weighted by Gasteiger charge is 2.46. The summed E-state index contributed by atoms with van der Waals surface area (Å²) >= 11 is 6.12. The van der Waals surface area contributed by atoms with Gasteiger partial charge in [-0.15, -0.1) is 0 Å². The summed E-state index contributed by atoms with van der Waals surface area (Å²) in [5.74, 6) is -0.226. The molecule has 8 heteroatoms. The van der Waals surface area contributed by atoms with E-state index >= 15 is 0 Å². The molecule has 0 aliphatic heterocycles.